The van der Waals surface area contributed by atoms with Gasteiger partial charge in [0, 0.05) is 26.4 Å². The fraction of sp³-hybridized carbons (Fsp3) is 0.556. The zero-order valence-corrected chi connectivity index (χ0v) is 15.3. The van der Waals surface area contributed by atoms with Gasteiger partial charge in [0.25, 0.3) is 0 Å². The lowest BCUT2D eigenvalue weighted by molar-refractivity contribution is -0.121. The number of fused-ring (bicyclic) bond motifs is 1. The summed E-state index contributed by atoms with van der Waals surface area (Å²) in [5, 5.41) is 6.20. The van der Waals surface area contributed by atoms with Crippen LogP contribution in [0.3, 0.4) is 0 Å². The molecule has 0 unspecified atom stereocenters. The van der Waals surface area contributed by atoms with Crippen molar-refractivity contribution in [2.75, 3.05) is 26.3 Å². The van der Waals surface area contributed by atoms with Crippen LogP contribution in [0.4, 0.5) is 0 Å². The number of hydrogen-bond donors (Lipinski definition) is 2. The fourth-order valence-electron chi connectivity index (χ4n) is 2.59. The zero-order valence-electron chi connectivity index (χ0n) is 14.5. The number of amides is 2. The minimum atomic E-state index is -0.0167. The van der Waals surface area contributed by atoms with Gasteiger partial charge in [0.1, 0.15) is 13.2 Å². The van der Waals surface area contributed by atoms with Gasteiger partial charge in [0.15, 0.2) is 11.5 Å². The van der Waals surface area contributed by atoms with Gasteiger partial charge in [-0.05, 0) is 37.0 Å². The Hall–Kier alpha value is -1.95. The van der Waals surface area contributed by atoms with E-state index in [1.165, 1.54) is 6.92 Å². The van der Waals surface area contributed by atoms with Crippen LogP contribution >= 0.6 is 11.6 Å². The molecule has 0 radical (unpaired) electrons. The Labute approximate surface area is 153 Å². The number of carbonyl (C=O) groups excluding carboxylic acids is 2. The molecule has 1 heterocycles. The van der Waals surface area contributed by atoms with Crippen LogP contribution in [0, 0.1) is 0 Å². The van der Waals surface area contributed by atoms with Crippen LogP contribution in [0.1, 0.15) is 38.2 Å². The first kappa shape index (κ1) is 19.4. The maximum atomic E-state index is 11.8. The Bertz CT molecular complexity index is 607. The van der Waals surface area contributed by atoms with Crippen molar-refractivity contribution in [3.63, 3.8) is 0 Å². The molecule has 0 saturated heterocycles. The molecule has 0 saturated carbocycles. The smallest absolute Gasteiger partial charge is 0.220 e. The highest BCUT2D eigenvalue weighted by Crippen LogP contribution is 2.38. The average molecular weight is 369 g/mol. The van der Waals surface area contributed by atoms with E-state index in [0.29, 0.717) is 55.7 Å². The number of nitrogens with one attached hydrogen (secondary N) is 2. The lowest BCUT2D eigenvalue weighted by Gasteiger charge is -2.20. The van der Waals surface area contributed by atoms with Gasteiger partial charge in [0.05, 0.1) is 5.02 Å². The van der Waals surface area contributed by atoms with E-state index in [9.17, 15) is 9.59 Å². The molecular weight excluding hydrogens is 344 g/mol. The van der Waals surface area contributed by atoms with Crippen molar-refractivity contribution < 1.29 is 19.1 Å². The lowest BCUT2D eigenvalue weighted by atomic mass is 10.1. The minimum Gasteiger partial charge on any atom is -0.486 e. The summed E-state index contributed by atoms with van der Waals surface area (Å²) in [6.07, 6.45) is 3.82. The molecule has 2 rings (SSSR count). The van der Waals surface area contributed by atoms with Crippen LogP contribution < -0.4 is 20.1 Å². The van der Waals surface area contributed by atoms with Crippen LogP contribution in [0.2, 0.25) is 5.02 Å². The van der Waals surface area contributed by atoms with Crippen LogP contribution in [0.25, 0.3) is 0 Å². The second kappa shape index (κ2) is 10.1. The van der Waals surface area contributed by atoms with Crippen molar-refractivity contribution in [3.8, 4) is 11.5 Å². The molecule has 0 aromatic heterocycles. The van der Waals surface area contributed by atoms with Crippen LogP contribution in [-0.2, 0) is 16.0 Å². The molecule has 6 nitrogen and oxygen atoms in total. The van der Waals surface area contributed by atoms with E-state index in [1.807, 2.05) is 12.1 Å². The monoisotopic (exact) mass is 368 g/mol. The molecule has 138 valence electrons. The number of carbonyl (C=O) groups is 2. The van der Waals surface area contributed by atoms with E-state index < -0.39 is 0 Å². The van der Waals surface area contributed by atoms with Gasteiger partial charge in [-0.3, -0.25) is 9.59 Å². The highest BCUT2D eigenvalue weighted by atomic mass is 35.5. The molecule has 1 aromatic carbocycles. The standard InChI is InChI=1S/C18H25ClN2O4/c1-13(22)20-7-4-2-3-5-17(23)21-8-6-14-11-15(19)18-16(12-14)24-9-10-25-18/h11-12H,2-10H2,1H3,(H,20,22)(H,21,23). The predicted molar refractivity (Wildman–Crippen MR) is 96.3 cm³/mol. The van der Waals surface area contributed by atoms with Crippen molar-refractivity contribution in [1.82, 2.24) is 10.6 Å². The summed E-state index contributed by atoms with van der Waals surface area (Å²) in [6, 6.07) is 3.76. The van der Waals surface area contributed by atoms with Crippen LogP contribution in [0.15, 0.2) is 12.1 Å². The normalized spacial score (nSPS) is 12.6. The highest BCUT2D eigenvalue weighted by Gasteiger charge is 2.16. The number of rotatable bonds is 9. The number of unbranched alkanes of at least 4 members (excludes halogenated alkanes) is 2. The predicted octanol–water partition coefficient (Wildman–Crippen LogP) is 2.47. The Morgan fingerprint density at radius 1 is 1.08 bits per heavy atom. The zero-order chi connectivity index (χ0) is 18.1. The number of ether oxygens (including phenoxy) is 2. The fourth-order valence-corrected chi connectivity index (χ4v) is 2.88. The summed E-state index contributed by atoms with van der Waals surface area (Å²) in [5.74, 6) is 1.29. The van der Waals surface area contributed by atoms with E-state index >= 15 is 0 Å². The Kier molecular flexibility index (Phi) is 7.85. The molecule has 0 atom stereocenters. The molecule has 2 N–H and O–H groups in total. The largest absolute Gasteiger partial charge is 0.486 e. The van der Waals surface area contributed by atoms with Crippen LogP contribution in [0.5, 0.6) is 11.5 Å². The summed E-state index contributed by atoms with van der Waals surface area (Å²) in [4.78, 5) is 22.5. The molecule has 0 bridgehead atoms. The quantitative estimate of drug-likeness (QED) is 0.656. The number of hydrogen-bond acceptors (Lipinski definition) is 4. The summed E-state index contributed by atoms with van der Waals surface area (Å²) < 4.78 is 11.0. The molecular formula is C18H25ClN2O4. The lowest BCUT2D eigenvalue weighted by Crippen LogP contribution is -2.25. The Morgan fingerprint density at radius 3 is 2.68 bits per heavy atom. The first-order chi connectivity index (χ1) is 12.1. The summed E-state index contributed by atoms with van der Waals surface area (Å²) in [6.45, 7) is 3.75. The summed E-state index contributed by atoms with van der Waals surface area (Å²) >= 11 is 6.20. The van der Waals surface area contributed by atoms with Gasteiger partial charge in [-0.2, -0.15) is 0 Å². The Balaban J connectivity index is 1.63. The summed E-state index contributed by atoms with van der Waals surface area (Å²) in [5.41, 5.74) is 1.00. The second-order valence-electron chi connectivity index (χ2n) is 6.00. The van der Waals surface area contributed by atoms with Gasteiger partial charge in [0.2, 0.25) is 11.8 Å². The molecule has 25 heavy (non-hydrogen) atoms. The van der Waals surface area contributed by atoms with Gasteiger partial charge < -0.3 is 20.1 Å². The minimum absolute atomic E-state index is 0.0167. The van der Waals surface area contributed by atoms with E-state index in [0.717, 1.165) is 24.8 Å². The van der Waals surface area contributed by atoms with Crippen molar-refractivity contribution in [1.29, 1.82) is 0 Å². The van der Waals surface area contributed by atoms with Crippen molar-refractivity contribution in [2.45, 2.75) is 39.0 Å². The van der Waals surface area contributed by atoms with Crippen molar-refractivity contribution in [2.24, 2.45) is 0 Å². The molecule has 0 spiro atoms. The van der Waals surface area contributed by atoms with Gasteiger partial charge in [-0.15, -0.1) is 0 Å². The third kappa shape index (κ3) is 6.82. The van der Waals surface area contributed by atoms with Crippen LogP contribution in [-0.4, -0.2) is 38.1 Å². The van der Waals surface area contributed by atoms with Gasteiger partial charge >= 0.3 is 0 Å². The third-order valence-electron chi connectivity index (χ3n) is 3.85. The highest BCUT2D eigenvalue weighted by molar-refractivity contribution is 6.32. The van der Waals surface area contributed by atoms with E-state index in [2.05, 4.69) is 10.6 Å². The molecule has 1 aliphatic heterocycles. The van der Waals surface area contributed by atoms with E-state index in [-0.39, 0.29) is 11.8 Å². The maximum absolute atomic E-state index is 11.8. The SMILES string of the molecule is CC(=O)NCCCCCC(=O)NCCc1cc(Cl)c2c(c1)OCCO2. The molecule has 0 aliphatic carbocycles. The molecule has 1 aromatic rings. The number of halogens is 1. The average Bonchev–Trinajstić information content (AvgIpc) is 2.58. The summed E-state index contributed by atoms with van der Waals surface area (Å²) in [7, 11) is 0. The second-order valence-corrected chi connectivity index (χ2v) is 6.40. The van der Waals surface area contributed by atoms with E-state index in [4.69, 9.17) is 21.1 Å². The van der Waals surface area contributed by atoms with Gasteiger partial charge in [-0.1, -0.05) is 18.0 Å². The molecule has 0 fully saturated rings. The Morgan fingerprint density at radius 2 is 1.88 bits per heavy atom. The molecule has 7 heteroatoms. The molecule has 1 aliphatic rings. The third-order valence-corrected chi connectivity index (χ3v) is 4.13. The first-order valence-corrected chi connectivity index (χ1v) is 9.03. The molecule has 2 amide bonds. The topological polar surface area (TPSA) is 76.7 Å². The number of benzene rings is 1. The van der Waals surface area contributed by atoms with Gasteiger partial charge in [-0.25, -0.2) is 0 Å². The van der Waals surface area contributed by atoms with Crippen molar-refractivity contribution >= 4 is 23.4 Å². The van der Waals surface area contributed by atoms with Crippen molar-refractivity contribution in [3.05, 3.63) is 22.7 Å². The maximum Gasteiger partial charge on any atom is 0.220 e. The van der Waals surface area contributed by atoms with E-state index in [1.54, 1.807) is 0 Å². The first-order valence-electron chi connectivity index (χ1n) is 8.65.